The number of hydrogen-bond acceptors (Lipinski definition) is 4. The van der Waals surface area contributed by atoms with Crippen molar-refractivity contribution in [3.8, 4) is 5.75 Å². The number of aliphatic hydroxyl groups is 1. The number of likely N-dealkylation sites (tertiary alicyclic amines) is 1. The van der Waals surface area contributed by atoms with Crippen LogP contribution in [0.2, 0.25) is 0 Å². The Balaban J connectivity index is 1.30. The molecule has 1 aliphatic carbocycles. The molecular formula is C28H38FN3O3. The molecule has 7 heteroatoms. The summed E-state index contributed by atoms with van der Waals surface area (Å²) in [7, 11) is 1.59. The van der Waals surface area contributed by atoms with E-state index in [9.17, 15) is 14.3 Å². The van der Waals surface area contributed by atoms with Gasteiger partial charge in [-0.15, -0.1) is 0 Å². The number of ether oxygens (including phenoxy) is 1. The zero-order valence-electron chi connectivity index (χ0n) is 20.6. The van der Waals surface area contributed by atoms with Gasteiger partial charge in [0.2, 0.25) is 0 Å². The van der Waals surface area contributed by atoms with Crippen LogP contribution in [0.5, 0.6) is 5.75 Å². The molecule has 1 heterocycles. The van der Waals surface area contributed by atoms with E-state index in [1.54, 1.807) is 19.2 Å². The highest BCUT2D eigenvalue weighted by atomic mass is 19.1. The van der Waals surface area contributed by atoms with Crippen molar-refractivity contribution in [1.82, 2.24) is 10.2 Å². The Morgan fingerprint density at radius 3 is 2.51 bits per heavy atom. The molecule has 2 fully saturated rings. The monoisotopic (exact) mass is 483 g/mol. The molecule has 1 aliphatic heterocycles. The van der Waals surface area contributed by atoms with Crippen LogP contribution >= 0.6 is 0 Å². The van der Waals surface area contributed by atoms with E-state index < -0.39 is 5.60 Å². The molecule has 3 N–H and O–H groups in total. The number of anilines is 1. The fourth-order valence-electron chi connectivity index (χ4n) is 5.59. The summed E-state index contributed by atoms with van der Waals surface area (Å²) in [6, 6.07) is 13.7. The van der Waals surface area contributed by atoms with Crippen LogP contribution < -0.4 is 15.4 Å². The number of nitrogens with one attached hydrogen (secondary N) is 2. The number of halogens is 1. The van der Waals surface area contributed by atoms with Crippen molar-refractivity contribution in [1.29, 1.82) is 0 Å². The molecule has 2 aromatic carbocycles. The first-order chi connectivity index (χ1) is 16.9. The van der Waals surface area contributed by atoms with Gasteiger partial charge in [0.25, 0.3) is 0 Å². The maximum absolute atomic E-state index is 13.2. The highest BCUT2D eigenvalue weighted by Gasteiger charge is 2.40. The highest BCUT2D eigenvalue weighted by molar-refractivity contribution is 5.89. The van der Waals surface area contributed by atoms with Crippen molar-refractivity contribution in [3.63, 3.8) is 0 Å². The Labute approximate surface area is 207 Å². The number of benzene rings is 2. The Morgan fingerprint density at radius 1 is 1.11 bits per heavy atom. The lowest BCUT2D eigenvalue weighted by Gasteiger charge is -2.41. The second-order valence-corrected chi connectivity index (χ2v) is 10.2. The van der Waals surface area contributed by atoms with Crippen LogP contribution in [0.4, 0.5) is 14.9 Å². The summed E-state index contributed by atoms with van der Waals surface area (Å²) in [4.78, 5) is 14.9. The number of nitrogens with zero attached hydrogens (tertiary/aromatic N) is 1. The molecule has 2 aromatic rings. The van der Waals surface area contributed by atoms with Crippen LogP contribution in [0.3, 0.4) is 0 Å². The number of amides is 2. The molecule has 6 nitrogen and oxygen atoms in total. The second-order valence-electron chi connectivity index (χ2n) is 10.2. The van der Waals surface area contributed by atoms with Crippen molar-refractivity contribution in [2.75, 3.05) is 38.6 Å². The zero-order chi connectivity index (χ0) is 24.7. The smallest absolute Gasteiger partial charge is 0.319 e. The second kappa shape index (κ2) is 11.9. The summed E-state index contributed by atoms with van der Waals surface area (Å²) >= 11 is 0. The number of piperidine rings is 1. The van der Waals surface area contributed by atoms with Crippen LogP contribution in [0, 0.1) is 17.7 Å². The Bertz CT molecular complexity index is 956. The van der Waals surface area contributed by atoms with Gasteiger partial charge in [0, 0.05) is 24.8 Å². The number of β-amino-alcohol motifs (C(OH)–C–C–N with tert-alkyl or cyclic N) is 1. The van der Waals surface area contributed by atoms with Crippen LogP contribution in [-0.4, -0.2) is 54.9 Å². The van der Waals surface area contributed by atoms with Gasteiger partial charge in [-0.1, -0.05) is 31.0 Å². The molecule has 35 heavy (non-hydrogen) atoms. The summed E-state index contributed by atoms with van der Waals surface area (Å²) in [6.45, 7) is 2.65. The van der Waals surface area contributed by atoms with Gasteiger partial charge in [0.1, 0.15) is 11.6 Å². The molecule has 0 aromatic heterocycles. The number of carbonyl (C=O) groups is 1. The van der Waals surface area contributed by atoms with Gasteiger partial charge >= 0.3 is 6.03 Å². The molecule has 0 spiro atoms. The minimum atomic E-state index is -0.952. The fraction of sp³-hybridized carbons (Fsp3) is 0.536. The molecule has 1 saturated heterocycles. The first kappa shape index (κ1) is 25.5. The normalized spacial score (nSPS) is 19.3. The van der Waals surface area contributed by atoms with Crippen LogP contribution in [0.1, 0.15) is 44.1 Å². The minimum absolute atomic E-state index is 0.191. The topological polar surface area (TPSA) is 73.8 Å². The Morgan fingerprint density at radius 2 is 1.83 bits per heavy atom. The largest absolute Gasteiger partial charge is 0.497 e. The van der Waals surface area contributed by atoms with E-state index in [0.29, 0.717) is 23.9 Å². The first-order valence-electron chi connectivity index (χ1n) is 12.8. The molecule has 2 amide bonds. The van der Waals surface area contributed by atoms with Crippen molar-refractivity contribution in [2.24, 2.45) is 11.8 Å². The van der Waals surface area contributed by atoms with Crippen LogP contribution in [-0.2, 0) is 6.42 Å². The van der Waals surface area contributed by atoms with Gasteiger partial charge in [-0.2, -0.15) is 0 Å². The predicted octanol–water partition coefficient (Wildman–Crippen LogP) is 4.83. The molecule has 190 valence electrons. The molecule has 0 radical (unpaired) electrons. The third-order valence-corrected chi connectivity index (χ3v) is 7.64. The average Bonchev–Trinajstić information content (AvgIpc) is 3.42. The zero-order valence-corrected chi connectivity index (χ0v) is 20.6. The summed E-state index contributed by atoms with van der Waals surface area (Å²) in [5.74, 6) is 1.24. The van der Waals surface area contributed by atoms with E-state index in [1.165, 1.54) is 17.7 Å². The number of rotatable bonds is 9. The van der Waals surface area contributed by atoms with E-state index in [1.807, 2.05) is 24.3 Å². The highest BCUT2D eigenvalue weighted by Crippen LogP contribution is 2.35. The lowest BCUT2D eigenvalue weighted by molar-refractivity contribution is -0.0464. The maximum atomic E-state index is 13.2. The fourth-order valence-corrected chi connectivity index (χ4v) is 5.59. The first-order valence-corrected chi connectivity index (χ1v) is 12.8. The Hall–Kier alpha value is -2.64. The van der Waals surface area contributed by atoms with E-state index in [2.05, 4.69) is 15.5 Å². The van der Waals surface area contributed by atoms with Gasteiger partial charge in [0.15, 0.2) is 0 Å². The molecule has 1 saturated carbocycles. The molecule has 2 aliphatic rings. The van der Waals surface area contributed by atoms with Crippen molar-refractivity contribution < 1.29 is 19.0 Å². The van der Waals surface area contributed by atoms with Crippen molar-refractivity contribution >= 4 is 11.7 Å². The van der Waals surface area contributed by atoms with Crippen molar-refractivity contribution in [2.45, 2.75) is 50.5 Å². The standard InChI is InChI=1S/C28H38FN3O3/c1-35-26-8-4-7-25(18-26)31-27(33)30-19-28(34,23-5-2-3-6-23)20-32-15-13-22(14-16-32)17-21-9-11-24(29)12-10-21/h4,7-12,18,22-23,34H,2-3,5-6,13-17,19-20H2,1H3,(H2,30,31,33)/t28-/m1/s1. The molecular weight excluding hydrogens is 445 g/mol. The van der Waals surface area contributed by atoms with Gasteiger partial charge < -0.3 is 25.4 Å². The molecule has 0 unspecified atom stereocenters. The summed E-state index contributed by atoms with van der Waals surface area (Å²) < 4.78 is 18.4. The lowest BCUT2D eigenvalue weighted by atomic mass is 9.83. The summed E-state index contributed by atoms with van der Waals surface area (Å²) in [5, 5.41) is 17.5. The minimum Gasteiger partial charge on any atom is -0.497 e. The van der Waals surface area contributed by atoms with Crippen molar-refractivity contribution in [3.05, 3.63) is 59.9 Å². The predicted molar refractivity (Wildman–Crippen MR) is 136 cm³/mol. The number of carbonyl (C=O) groups excluding carboxylic acids is 1. The maximum Gasteiger partial charge on any atom is 0.319 e. The van der Waals surface area contributed by atoms with Gasteiger partial charge in [-0.05, 0) is 86.9 Å². The average molecular weight is 484 g/mol. The third kappa shape index (κ3) is 7.18. The van der Waals surface area contributed by atoms with E-state index >= 15 is 0 Å². The van der Waals surface area contributed by atoms with E-state index in [0.717, 1.165) is 58.0 Å². The van der Waals surface area contributed by atoms with E-state index in [-0.39, 0.29) is 24.3 Å². The number of urea groups is 1. The summed E-state index contributed by atoms with van der Waals surface area (Å²) in [6.07, 6.45) is 7.33. The lowest BCUT2D eigenvalue weighted by Crippen LogP contribution is -2.56. The van der Waals surface area contributed by atoms with Crippen LogP contribution in [0.25, 0.3) is 0 Å². The molecule has 4 rings (SSSR count). The molecule has 1 atom stereocenters. The SMILES string of the molecule is COc1cccc(NC(=O)NC[C@@](O)(CN2CCC(Cc3ccc(F)cc3)CC2)C2CCCC2)c1. The van der Waals surface area contributed by atoms with Crippen LogP contribution in [0.15, 0.2) is 48.5 Å². The molecule has 0 bridgehead atoms. The van der Waals surface area contributed by atoms with E-state index in [4.69, 9.17) is 4.74 Å². The third-order valence-electron chi connectivity index (χ3n) is 7.64. The quantitative estimate of drug-likeness (QED) is 0.478. The Kier molecular flexibility index (Phi) is 8.63. The van der Waals surface area contributed by atoms with Gasteiger partial charge in [0.05, 0.1) is 12.7 Å². The van der Waals surface area contributed by atoms with Gasteiger partial charge in [-0.3, -0.25) is 0 Å². The summed E-state index contributed by atoms with van der Waals surface area (Å²) in [5.41, 5.74) is 0.875. The van der Waals surface area contributed by atoms with Gasteiger partial charge in [-0.25, -0.2) is 9.18 Å². The number of hydrogen-bond donors (Lipinski definition) is 3. The number of methoxy groups -OCH3 is 1.